The van der Waals surface area contributed by atoms with Crippen molar-refractivity contribution in [3.8, 4) is 0 Å². The molecule has 4 heteroatoms. The lowest BCUT2D eigenvalue weighted by atomic mass is 10.0. The molecule has 0 amide bonds. The van der Waals surface area contributed by atoms with Crippen LogP contribution >= 0.6 is 0 Å². The summed E-state index contributed by atoms with van der Waals surface area (Å²) in [7, 11) is -3.12. The van der Waals surface area contributed by atoms with Crippen LogP contribution in [0.5, 0.6) is 0 Å². The first-order valence-corrected chi connectivity index (χ1v) is 8.02. The molecule has 1 rings (SSSR count). The van der Waals surface area contributed by atoms with Crippen molar-refractivity contribution < 1.29 is 8.42 Å². The molecule has 1 aromatic rings. The van der Waals surface area contributed by atoms with Gasteiger partial charge in [0.2, 0.25) is 0 Å². The zero-order chi connectivity index (χ0) is 13.6. The Labute approximate surface area is 110 Å². The first kappa shape index (κ1) is 14.9. The molecular weight excluding hydrogens is 246 g/mol. The quantitative estimate of drug-likeness (QED) is 0.773. The maximum Gasteiger partial charge on any atom is 0.175 e. The van der Waals surface area contributed by atoms with Crippen molar-refractivity contribution in [1.82, 2.24) is 5.32 Å². The molecule has 1 N–H and O–H groups in total. The first-order chi connectivity index (χ1) is 8.49. The predicted molar refractivity (Wildman–Crippen MR) is 75.4 cm³/mol. The number of hydrogen-bond acceptors (Lipinski definition) is 3. The van der Waals surface area contributed by atoms with Crippen molar-refractivity contribution in [2.24, 2.45) is 0 Å². The SMILES string of the molecule is C=CCC(NCCC)c1ccc(S(C)(=O)=O)cc1. The molecule has 0 saturated carbocycles. The average molecular weight is 267 g/mol. The van der Waals surface area contributed by atoms with Crippen LogP contribution in [0.1, 0.15) is 31.4 Å². The van der Waals surface area contributed by atoms with E-state index in [0.29, 0.717) is 4.90 Å². The highest BCUT2D eigenvalue weighted by molar-refractivity contribution is 7.90. The molecule has 1 atom stereocenters. The summed E-state index contributed by atoms with van der Waals surface area (Å²) in [6.45, 7) is 6.81. The van der Waals surface area contributed by atoms with Crippen LogP contribution in [-0.2, 0) is 9.84 Å². The van der Waals surface area contributed by atoms with Gasteiger partial charge in [0, 0.05) is 12.3 Å². The Morgan fingerprint density at radius 1 is 1.33 bits per heavy atom. The molecule has 0 aliphatic heterocycles. The van der Waals surface area contributed by atoms with Crippen molar-refractivity contribution in [1.29, 1.82) is 0 Å². The number of sulfone groups is 1. The number of rotatable bonds is 7. The molecule has 0 heterocycles. The van der Waals surface area contributed by atoms with E-state index in [1.807, 2.05) is 18.2 Å². The van der Waals surface area contributed by atoms with E-state index in [1.165, 1.54) is 6.26 Å². The highest BCUT2D eigenvalue weighted by atomic mass is 32.2. The monoisotopic (exact) mass is 267 g/mol. The molecule has 0 saturated heterocycles. The fourth-order valence-electron chi connectivity index (χ4n) is 1.77. The Morgan fingerprint density at radius 3 is 2.39 bits per heavy atom. The fourth-order valence-corrected chi connectivity index (χ4v) is 2.40. The molecule has 0 aliphatic carbocycles. The van der Waals surface area contributed by atoms with Gasteiger partial charge >= 0.3 is 0 Å². The van der Waals surface area contributed by atoms with Crippen LogP contribution in [0.25, 0.3) is 0 Å². The number of nitrogens with one attached hydrogen (secondary N) is 1. The molecule has 100 valence electrons. The number of hydrogen-bond donors (Lipinski definition) is 1. The van der Waals surface area contributed by atoms with Crippen LogP contribution in [0.3, 0.4) is 0 Å². The molecule has 0 radical (unpaired) electrons. The van der Waals surface area contributed by atoms with E-state index in [1.54, 1.807) is 12.1 Å². The van der Waals surface area contributed by atoms with E-state index in [0.717, 1.165) is 24.9 Å². The average Bonchev–Trinajstić information content (AvgIpc) is 2.33. The van der Waals surface area contributed by atoms with Gasteiger partial charge in [0.1, 0.15) is 0 Å². The summed E-state index contributed by atoms with van der Waals surface area (Å²) >= 11 is 0. The van der Waals surface area contributed by atoms with Crippen molar-refractivity contribution in [2.75, 3.05) is 12.8 Å². The second kappa shape index (κ2) is 6.71. The van der Waals surface area contributed by atoms with Gasteiger partial charge in [0.05, 0.1) is 4.90 Å². The zero-order valence-electron chi connectivity index (χ0n) is 11.0. The largest absolute Gasteiger partial charge is 0.310 e. The third kappa shape index (κ3) is 4.27. The Balaban J connectivity index is 2.89. The normalized spacial score (nSPS) is 13.2. The molecule has 1 aromatic carbocycles. The summed E-state index contributed by atoms with van der Waals surface area (Å²) in [6.07, 6.45) is 4.99. The van der Waals surface area contributed by atoms with Gasteiger partial charge < -0.3 is 5.32 Å². The highest BCUT2D eigenvalue weighted by Gasteiger charge is 2.11. The van der Waals surface area contributed by atoms with Gasteiger partial charge in [-0.15, -0.1) is 6.58 Å². The third-order valence-electron chi connectivity index (χ3n) is 2.75. The van der Waals surface area contributed by atoms with Crippen molar-refractivity contribution >= 4 is 9.84 Å². The molecule has 1 unspecified atom stereocenters. The maximum absolute atomic E-state index is 11.4. The van der Waals surface area contributed by atoms with Gasteiger partial charge in [0.25, 0.3) is 0 Å². The van der Waals surface area contributed by atoms with Crippen LogP contribution in [0.2, 0.25) is 0 Å². The maximum atomic E-state index is 11.4. The van der Waals surface area contributed by atoms with E-state index in [-0.39, 0.29) is 6.04 Å². The second-order valence-corrected chi connectivity index (χ2v) is 6.39. The molecule has 0 aromatic heterocycles. The summed E-state index contributed by atoms with van der Waals surface area (Å²) in [5, 5.41) is 3.42. The Bertz CT molecular complexity index is 477. The summed E-state index contributed by atoms with van der Waals surface area (Å²) in [6, 6.07) is 7.26. The van der Waals surface area contributed by atoms with Gasteiger partial charge in [-0.3, -0.25) is 0 Å². The van der Waals surface area contributed by atoms with E-state index in [2.05, 4.69) is 18.8 Å². The molecule has 3 nitrogen and oxygen atoms in total. The highest BCUT2D eigenvalue weighted by Crippen LogP contribution is 2.19. The second-order valence-electron chi connectivity index (χ2n) is 4.37. The minimum atomic E-state index is -3.12. The lowest BCUT2D eigenvalue weighted by molar-refractivity contribution is 0.537. The van der Waals surface area contributed by atoms with Gasteiger partial charge in [-0.2, -0.15) is 0 Å². The van der Waals surface area contributed by atoms with Gasteiger partial charge in [-0.25, -0.2) is 8.42 Å². The third-order valence-corrected chi connectivity index (χ3v) is 3.88. The van der Waals surface area contributed by atoms with Crippen molar-refractivity contribution in [3.63, 3.8) is 0 Å². The van der Waals surface area contributed by atoms with Crippen molar-refractivity contribution in [3.05, 3.63) is 42.5 Å². The lowest BCUT2D eigenvalue weighted by Gasteiger charge is -2.17. The molecular formula is C14H21NO2S. The minimum absolute atomic E-state index is 0.205. The molecule has 0 bridgehead atoms. The topological polar surface area (TPSA) is 46.2 Å². The van der Waals surface area contributed by atoms with E-state index >= 15 is 0 Å². The standard InChI is InChI=1S/C14H21NO2S/c1-4-6-14(15-11-5-2)12-7-9-13(10-8-12)18(3,16)17/h4,7-10,14-15H,1,5-6,11H2,2-3H3. The van der Waals surface area contributed by atoms with Gasteiger partial charge in [0.15, 0.2) is 9.84 Å². The van der Waals surface area contributed by atoms with E-state index in [4.69, 9.17) is 0 Å². The summed E-state index contributed by atoms with van der Waals surface area (Å²) in [4.78, 5) is 0.360. The lowest BCUT2D eigenvalue weighted by Crippen LogP contribution is -2.21. The first-order valence-electron chi connectivity index (χ1n) is 6.13. The van der Waals surface area contributed by atoms with E-state index < -0.39 is 9.84 Å². The van der Waals surface area contributed by atoms with Crippen molar-refractivity contribution in [2.45, 2.75) is 30.7 Å². The number of benzene rings is 1. The molecule has 0 fully saturated rings. The Hall–Kier alpha value is -1.13. The summed E-state index contributed by atoms with van der Waals surface area (Å²) in [5.41, 5.74) is 1.09. The molecule has 0 spiro atoms. The van der Waals surface area contributed by atoms with E-state index in [9.17, 15) is 8.42 Å². The molecule has 0 aliphatic rings. The van der Waals surface area contributed by atoms with Gasteiger partial charge in [-0.1, -0.05) is 25.1 Å². The van der Waals surface area contributed by atoms with Crippen LogP contribution in [0.4, 0.5) is 0 Å². The molecule has 18 heavy (non-hydrogen) atoms. The smallest absolute Gasteiger partial charge is 0.175 e. The van der Waals surface area contributed by atoms with Crippen LogP contribution < -0.4 is 5.32 Å². The minimum Gasteiger partial charge on any atom is -0.310 e. The summed E-state index contributed by atoms with van der Waals surface area (Å²) < 4.78 is 22.8. The summed E-state index contributed by atoms with van der Waals surface area (Å²) in [5.74, 6) is 0. The van der Waals surface area contributed by atoms with Crippen LogP contribution in [0, 0.1) is 0 Å². The Kier molecular flexibility index (Phi) is 5.56. The van der Waals surface area contributed by atoms with Crippen LogP contribution in [-0.4, -0.2) is 21.2 Å². The van der Waals surface area contributed by atoms with Gasteiger partial charge in [-0.05, 0) is 37.1 Å². The zero-order valence-corrected chi connectivity index (χ0v) is 11.8. The van der Waals surface area contributed by atoms with Crippen LogP contribution in [0.15, 0.2) is 41.8 Å². The fraction of sp³-hybridized carbons (Fsp3) is 0.429. The Morgan fingerprint density at radius 2 is 1.94 bits per heavy atom. The predicted octanol–water partition coefficient (Wildman–Crippen LogP) is 2.71.